The van der Waals surface area contributed by atoms with E-state index in [-0.39, 0.29) is 91.5 Å². The molecule has 0 aliphatic carbocycles. The number of carboxylic acid groups (broad SMARTS) is 2. The third-order valence-corrected chi connectivity index (χ3v) is 25.7. The molecule has 656 valence electrons. The Hall–Kier alpha value is -11.2. The third kappa shape index (κ3) is 27.7. The molecular weight excluding hydrogens is 1660 g/mol. The first-order chi connectivity index (χ1) is 56.9. The first-order valence-electron chi connectivity index (χ1n) is 37.6. The van der Waals surface area contributed by atoms with Crippen LogP contribution in [0.1, 0.15) is 90.2 Å². The first-order valence-corrected chi connectivity index (χ1v) is 42.5. The van der Waals surface area contributed by atoms with Crippen LogP contribution in [0.3, 0.4) is 0 Å². The molecule has 9 rings (SSSR count). The highest BCUT2D eigenvalue weighted by atomic mass is 32.2. The number of ether oxygens (including phenoxy) is 6. The number of hydrogen-bond donors (Lipinski definition) is 9. The van der Waals surface area contributed by atoms with Crippen molar-refractivity contribution in [3.05, 3.63) is 109 Å². The number of rotatable bonds is 31. The summed E-state index contributed by atoms with van der Waals surface area (Å²) in [4.78, 5) is 187. The van der Waals surface area contributed by atoms with Crippen LogP contribution in [0.15, 0.2) is 107 Å². The van der Waals surface area contributed by atoms with Gasteiger partial charge in [0.2, 0.25) is 37.8 Å². The van der Waals surface area contributed by atoms with Gasteiger partial charge in [-0.3, -0.25) is 33.9 Å². The number of aromatic nitrogens is 2. The lowest BCUT2D eigenvalue weighted by Gasteiger charge is -2.35. The molecular formula is C74H99N15O27S4. The van der Waals surface area contributed by atoms with E-state index in [0.29, 0.717) is 93.3 Å². The number of nitrogens with zero attached hydrogens (tertiary/aromatic N) is 8. The molecule has 2 aromatic carbocycles. The first kappa shape index (κ1) is 95.9. The number of hydroxylamine groups is 2. The zero-order valence-electron chi connectivity index (χ0n) is 67.1. The number of alkyl carbamates (subject to hydrolysis) is 4. The molecule has 0 saturated carbocycles. The maximum Gasteiger partial charge on any atom is 0.415 e. The summed E-state index contributed by atoms with van der Waals surface area (Å²) < 4.78 is 82.9. The Bertz CT molecular complexity index is 4480. The molecule has 5 fully saturated rings. The van der Waals surface area contributed by atoms with Crippen molar-refractivity contribution in [2.75, 3.05) is 106 Å². The number of benzene rings is 2. The zero-order valence-corrected chi connectivity index (χ0v) is 70.3. The fourth-order valence-electron chi connectivity index (χ4n) is 12.5. The molecule has 4 aromatic rings. The van der Waals surface area contributed by atoms with Crippen molar-refractivity contribution in [2.24, 2.45) is 0 Å². The van der Waals surface area contributed by atoms with Crippen LogP contribution in [-0.2, 0) is 95.0 Å². The summed E-state index contributed by atoms with van der Waals surface area (Å²) >= 11 is 2.55. The molecule has 0 bridgehead atoms. The number of methoxy groups -OCH3 is 4. The second kappa shape index (κ2) is 45.3. The number of amides is 11. The molecule has 0 radical (unpaired) electrons. The van der Waals surface area contributed by atoms with Crippen LogP contribution in [0.4, 0.5) is 28.8 Å². The van der Waals surface area contributed by atoms with E-state index < -0.39 is 144 Å². The Labute approximate surface area is 700 Å². The predicted octanol–water partition coefficient (Wildman–Crippen LogP) is 2.61. The number of thioether (sulfide) groups is 2. The molecule has 11 amide bonds. The van der Waals surface area contributed by atoms with Crippen LogP contribution in [0.2, 0.25) is 0 Å². The number of hydrogen-bond acceptors (Lipinski definition) is 30. The number of aliphatic carboxylic acids is 2. The molecule has 5 aliphatic rings. The molecule has 2 aromatic heterocycles. The highest BCUT2D eigenvalue weighted by Crippen LogP contribution is 2.44. The summed E-state index contributed by atoms with van der Waals surface area (Å²) in [7, 11) is -3.35. The number of piperazine rings is 2. The van der Waals surface area contributed by atoms with E-state index in [0.717, 1.165) is 15.7 Å². The smallest absolute Gasteiger partial charge is 0.415 e. The fourth-order valence-corrected chi connectivity index (χ4v) is 18.8. The van der Waals surface area contributed by atoms with Crippen molar-refractivity contribution in [2.45, 2.75) is 147 Å². The second-order valence-corrected chi connectivity index (χ2v) is 35.2. The Kier molecular flexibility index (Phi) is 36.2. The summed E-state index contributed by atoms with van der Waals surface area (Å²) in [6, 6.07) is 11.2. The number of carbonyl (C=O) groups is 14. The van der Waals surface area contributed by atoms with Gasteiger partial charge in [-0.15, -0.1) is 28.6 Å². The molecule has 5 saturated heterocycles. The molecule has 5 aliphatic heterocycles. The standard InChI is InChI=1S/C35H47N7O12S2.C25H31N5O7S2.C14H21N3O8/c1-35(2)28(42(22-55-35)56(50,51)25-8-7-14-36-21-25)29(43)38-27(31(45)46)20-23-10-12-24(13-11-23)54-34(49)41-18-16-40(17-19-41)30(44)26(39-33(48)53-4)9-5-6-15-37-32(47)52-3;1-25(2)21(30(16-38-25)39(35,36)19-4-3-9-27-15-19)22(31)28-20(23(32)33)14-17-5-7-18(8-6-17)37-24(34)29-12-10-26-11-13-29;1-23-13(21)15-8-4-3-5-9(16-14(22)24-2)12(20)25-17-10(18)6-7-11(17)19/h7-8,10-14,21,26-28H,5-6,9,15-20,22H2,1-4H3,(H,37,47)(H,38,43)(H,39,48)(H,45,46);3-9,15,20-21,26H,10-14,16H2,1-2H3,(H,28,31)(H,32,33);9H,3-8H2,1-2H3,(H,15,21)(H,16,22)/t26?,27-,28+;20-,21+;/m00./s1. The topological polar surface area (TPSA) is 542 Å². The third-order valence-electron chi connectivity index (χ3n) is 19.1. The van der Waals surface area contributed by atoms with Gasteiger partial charge in [0, 0.05) is 125 Å². The summed E-state index contributed by atoms with van der Waals surface area (Å²) in [6.07, 6.45) is 3.61. The molecule has 2 unspecified atom stereocenters. The van der Waals surface area contributed by atoms with Crippen molar-refractivity contribution in [3.8, 4) is 11.5 Å². The molecule has 6 atom stereocenters. The number of sulfonamides is 2. The van der Waals surface area contributed by atoms with Gasteiger partial charge in [0.1, 0.15) is 57.5 Å². The number of carboxylic acids is 2. The summed E-state index contributed by atoms with van der Waals surface area (Å²) in [5.41, 5.74) is 1.09. The quantitative estimate of drug-likeness (QED) is 0.0199. The van der Waals surface area contributed by atoms with Gasteiger partial charge in [0.05, 0.1) is 40.2 Å². The van der Waals surface area contributed by atoms with Gasteiger partial charge in [-0.2, -0.15) is 8.61 Å². The normalized spacial score (nSPS) is 18.0. The van der Waals surface area contributed by atoms with Crippen LogP contribution in [0.5, 0.6) is 11.5 Å². The van der Waals surface area contributed by atoms with Gasteiger partial charge in [-0.1, -0.05) is 24.3 Å². The summed E-state index contributed by atoms with van der Waals surface area (Å²) in [5.74, 6) is -6.04. The van der Waals surface area contributed by atoms with Crippen molar-refractivity contribution < 1.29 is 127 Å². The van der Waals surface area contributed by atoms with Crippen LogP contribution in [-0.4, -0.2) is 301 Å². The maximum atomic E-state index is 13.6. The molecule has 42 nitrogen and oxygen atoms in total. The largest absolute Gasteiger partial charge is 0.480 e. The van der Waals surface area contributed by atoms with Gasteiger partial charge in [0.25, 0.3) is 11.8 Å². The summed E-state index contributed by atoms with van der Waals surface area (Å²) in [6.45, 7) is 10.8. The molecule has 0 spiro atoms. The monoisotopic (exact) mass is 1760 g/mol. The Balaban J connectivity index is 0.000000268. The number of imide groups is 1. The number of carbonyl (C=O) groups excluding carboxylic acids is 12. The minimum atomic E-state index is -4.12. The highest BCUT2D eigenvalue weighted by molar-refractivity contribution is 8.02. The van der Waals surface area contributed by atoms with E-state index in [1.807, 2.05) is 0 Å². The molecule has 120 heavy (non-hydrogen) atoms. The highest BCUT2D eigenvalue weighted by Gasteiger charge is 2.53. The van der Waals surface area contributed by atoms with Gasteiger partial charge >= 0.3 is 54.5 Å². The summed E-state index contributed by atoms with van der Waals surface area (Å²) in [5, 5.41) is 38.3. The molecule has 46 heteroatoms. The van der Waals surface area contributed by atoms with Crippen LogP contribution in [0, 0.1) is 0 Å². The number of pyridine rings is 2. The number of nitrogens with one attached hydrogen (secondary N) is 7. The van der Waals surface area contributed by atoms with Gasteiger partial charge in [0.15, 0.2) is 0 Å². The maximum absolute atomic E-state index is 13.6. The van der Waals surface area contributed by atoms with Crippen LogP contribution >= 0.6 is 23.5 Å². The zero-order chi connectivity index (χ0) is 88.1. The SMILES string of the molecule is CC1(C)SCN(S(=O)(=O)c2cccnc2)[C@@H]1C(=O)N[C@@H](Cc1ccc(OC(=O)N2CCNCC2)cc1)C(=O)O.COC(=O)NCCCCC(NC(=O)OC)C(=O)N1CCN(C(=O)Oc2ccc(C[C@H](NC(=O)[C@H]3N(S(=O)(=O)c4cccnc4)CSC3(C)C)C(=O)O)cc2)CC1.COC(=O)NCCCCC(NC(=O)OC)C(=O)ON1C(=O)CCC1=O. The lowest BCUT2D eigenvalue weighted by molar-refractivity contribution is -0.199. The average Bonchev–Trinajstić information content (AvgIpc) is 1.59. The fraction of sp³-hybridized carbons (Fsp3) is 0.514. The van der Waals surface area contributed by atoms with E-state index >= 15 is 0 Å². The van der Waals surface area contributed by atoms with E-state index in [1.54, 1.807) is 69.0 Å². The lowest BCUT2D eigenvalue weighted by atomic mass is 10.0. The van der Waals surface area contributed by atoms with Gasteiger partial charge in [-0.05, 0) is 126 Å². The van der Waals surface area contributed by atoms with Crippen molar-refractivity contribution >= 4 is 128 Å². The van der Waals surface area contributed by atoms with E-state index in [1.165, 1.54) is 116 Å². The minimum absolute atomic E-state index is 0.0108. The molecule has 7 heterocycles. The van der Waals surface area contributed by atoms with Crippen molar-refractivity contribution in [3.63, 3.8) is 0 Å². The van der Waals surface area contributed by atoms with Crippen LogP contribution < -0.4 is 46.7 Å². The predicted molar refractivity (Wildman–Crippen MR) is 426 cm³/mol. The second-order valence-electron chi connectivity index (χ2n) is 28.2. The van der Waals surface area contributed by atoms with E-state index in [2.05, 4.69) is 66.1 Å². The van der Waals surface area contributed by atoms with Gasteiger partial charge in [-0.25, -0.2) is 60.0 Å². The minimum Gasteiger partial charge on any atom is -0.480 e. The lowest BCUT2D eigenvalue weighted by Crippen LogP contribution is -2.56. The molecule has 9 N–H and O–H groups in total. The van der Waals surface area contributed by atoms with Gasteiger partial charge < -0.3 is 95.4 Å². The van der Waals surface area contributed by atoms with Crippen molar-refractivity contribution in [1.82, 2.24) is 75.6 Å². The van der Waals surface area contributed by atoms with Crippen molar-refractivity contribution in [1.29, 1.82) is 0 Å². The Morgan fingerprint density at radius 2 is 0.892 bits per heavy atom. The Morgan fingerprint density at radius 1 is 0.508 bits per heavy atom. The average molecular weight is 1760 g/mol. The Morgan fingerprint density at radius 3 is 1.27 bits per heavy atom. The van der Waals surface area contributed by atoms with Crippen LogP contribution in [0.25, 0.3) is 0 Å². The van der Waals surface area contributed by atoms with E-state index in [9.17, 15) is 94.2 Å². The van der Waals surface area contributed by atoms with E-state index in [4.69, 9.17) is 14.3 Å². The number of unbranched alkanes of at least 4 members (excludes halogenated alkanes) is 2.